The van der Waals surface area contributed by atoms with Crippen LogP contribution >= 0.6 is 0 Å². The molecule has 0 aromatic heterocycles. The molecular formula is C17H17F2N3O3. The molecule has 0 bridgehead atoms. The van der Waals surface area contributed by atoms with Crippen LogP contribution in [0.2, 0.25) is 0 Å². The Morgan fingerprint density at radius 2 is 1.88 bits per heavy atom. The molecule has 3 fully saturated rings. The van der Waals surface area contributed by atoms with E-state index in [2.05, 4.69) is 5.32 Å². The van der Waals surface area contributed by atoms with Crippen molar-refractivity contribution in [2.75, 3.05) is 13.1 Å². The van der Waals surface area contributed by atoms with Crippen molar-refractivity contribution in [3.63, 3.8) is 0 Å². The minimum Gasteiger partial charge on any atom is -0.347 e. The SMILES string of the molecule is O=C(N[C@H]1C[C@H]2C(=O)N3CCC[C@H]3C(=O)N2C1)c1cc(F)ccc1F. The monoisotopic (exact) mass is 349 g/mol. The largest absolute Gasteiger partial charge is 0.347 e. The van der Waals surface area contributed by atoms with E-state index in [0.29, 0.717) is 13.0 Å². The number of carbonyl (C=O) groups excluding carboxylic acids is 3. The molecule has 3 atom stereocenters. The zero-order valence-corrected chi connectivity index (χ0v) is 13.4. The number of hydrogen-bond donors (Lipinski definition) is 1. The Morgan fingerprint density at radius 3 is 2.68 bits per heavy atom. The molecule has 0 unspecified atom stereocenters. The molecule has 25 heavy (non-hydrogen) atoms. The zero-order valence-electron chi connectivity index (χ0n) is 13.4. The number of halogens is 2. The molecule has 3 aliphatic heterocycles. The summed E-state index contributed by atoms with van der Waals surface area (Å²) in [5.41, 5.74) is -0.386. The third kappa shape index (κ3) is 2.56. The Labute approximate surface area is 142 Å². The molecule has 4 rings (SSSR count). The molecule has 1 aromatic carbocycles. The number of rotatable bonds is 2. The van der Waals surface area contributed by atoms with Crippen molar-refractivity contribution in [3.8, 4) is 0 Å². The fourth-order valence-electron chi connectivity index (χ4n) is 4.02. The molecule has 132 valence electrons. The Hall–Kier alpha value is -2.51. The van der Waals surface area contributed by atoms with Crippen LogP contribution in [-0.2, 0) is 9.59 Å². The fraction of sp³-hybridized carbons (Fsp3) is 0.471. The van der Waals surface area contributed by atoms with Gasteiger partial charge in [0, 0.05) is 19.1 Å². The van der Waals surface area contributed by atoms with Crippen molar-refractivity contribution in [2.45, 2.75) is 37.4 Å². The van der Waals surface area contributed by atoms with Gasteiger partial charge in [0.15, 0.2) is 0 Å². The van der Waals surface area contributed by atoms with E-state index in [1.807, 2.05) is 0 Å². The van der Waals surface area contributed by atoms with Gasteiger partial charge in [-0.15, -0.1) is 0 Å². The summed E-state index contributed by atoms with van der Waals surface area (Å²) in [5.74, 6) is -2.45. The van der Waals surface area contributed by atoms with Crippen molar-refractivity contribution in [1.29, 1.82) is 0 Å². The fourth-order valence-corrected chi connectivity index (χ4v) is 4.02. The quantitative estimate of drug-likeness (QED) is 0.853. The lowest BCUT2D eigenvalue weighted by atomic mass is 10.1. The van der Waals surface area contributed by atoms with Crippen LogP contribution in [0, 0.1) is 11.6 Å². The van der Waals surface area contributed by atoms with Gasteiger partial charge in [-0.25, -0.2) is 8.78 Å². The predicted octanol–water partition coefficient (Wildman–Crippen LogP) is 0.669. The summed E-state index contributed by atoms with van der Waals surface area (Å²) in [7, 11) is 0. The van der Waals surface area contributed by atoms with Gasteiger partial charge in [-0.05, 0) is 37.5 Å². The van der Waals surface area contributed by atoms with Gasteiger partial charge >= 0.3 is 0 Å². The highest BCUT2D eigenvalue weighted by Crippen LogP contribution is 2.32. The summed E-state index contributed by atoms with van der Waals surface area (Å²) in [4.78, 5) is 40.4. The number of carbonyl (C=O) groups is 3. The van der Waals surface area contributed by atoms with Crippen LogP contribution in [0.15, 0.2) is 18.2 Å². The van der Waals surface area contributed by atoms with Gasteiger partial charge < -0.3 is 15.1 Å². The highest BCUT2D eigenvalue weighted by Gasteiger charge is 2.51. The van der Waals surface area contributed by atoms with Crippen LogP contribution in [0.4, 0.5) is 8.78 Å². The first-order valence-electron chi connectivity index (χ1n) is 8.32. The van der Waals surface area contributed by atoms with Crippen LogP contribution in [-0.4, -0.2) is 58.7 Å². The maximum absolute atomic E-state index is 13.7. The van der Waals surface area contributed by atoms with Crippen molar-refractivity contribution in [2.24, 2.45) is 0 Å². The van der Waals surface area contributed by atoms with Gasteiger partial charge in [0.25, 0.3) is 5.91 Å². The molecule has 1 N–H and O–H groups in total. The molecule has 0 aliphatic carbocycles. The molecule has 6 nitrogen and oxygen atoms in total. The highest BCUT2D eigenvalue weighted by molar-refractivity contribution is 5.98. The van der Waals surface area contributed by atoms with Gasteiger partial charge in [-0.3, -0.25) is 14.4 Å². The van der Waals surface area contributed by atoms with E-state index in [1.54, 1.807) is 4.90 Å². The number of nitrogens with zero attached hydrogens (tertiary/aromatic N) is 2. The molecule has 0 spiro atoms. The molecule has 8 heteroatoms. The maximum Gasteiger partial charge on any atom is 0.254 e. The van der Waals surface area contributed by atoms with E-state index >= 15 is 0 Å². The summed E-state index contributed by atoms with van der Waals surface area (Å²) in [5, 5.41) is 2.62. The van der Waals surface area contributed by atoms with Crippen molar-refractivity contribution < 1.29 is 23.2 Å². The van der Waals surface area contributed by atoms with E-state index in [9.17, 15) is 23.2 Å². The molecular weight excluding hydrogens is 332 g/mol. The molecule has 3 aliphatic rings. The average molecular weight is 349 g/mol. The molecule has 3 heterocycles. The third-order valence-corrected chi connectivity index (χ3v) is 5.20. The summed E-state index contributed by atoms with van der Waals surface area (Å²) in [6.45, 7) is 0.799. The van der Waals surface area contributed by atoms with Gasteiger partial charge in [-0.1, -0.05) is 0 Å². The second kappa shape index (κ2) is 5.79. The van der Waals surface area contributed by atoms with Crippen molar-refractivity contribution >= 4 is 17.7 Å². The van der Waals surface area contributed by atoms with Gasteiger partial charge in [0.1, 0.15) is 23.7 Å². The van der Waals surface area contributed by atoms with E-state index in [0.717, 1.165) is 24.6 Å². The standard InChI is InChI=1S/C17H17F2N3O3/c18-9-3-4-12(19)11(6-9)15(23)20-10-7-14-17(25)21-5-1-2-13(21)16(24)22(14)8-10/h3-4,6,10,13-14H,1-2,5,7-8H2,(H,20,23)/t10-,13-,14-/m0/s1. The smallest absolute Gasteiger partial charge is 0.254 e. The van der Waals surface area contributed by atoms with Crippen LogP contribution in [0.5, 0.6) is 0 Å². The predicted molar refractivity (Wildman–Crippen MR) is 82.5 cm³/mol. The van der Waals surface area contributed by atoms with E-state index in [1.165, 1.54) is 4.90 Å². The lowest BCUT2D eigenvalue weighted by Gasteiger charge is -2.38. The highest BCUT2D eigenvalue weighted by atomic mass is 19.1. The molecule has 0 saturated carbocycles. The number of piperazine rings is 1. The number of benzene rings is 1. The van der Waals surface area contributed by atoms with Gasteiger partial charge in [0.05, 0.1) is 5.56 Å². The second-order valence-electron chi connectivity index (χ2n) is 6.73. The summed E-state index contributed by atoms with van der Waals surface area (Å²) in [6, 6.07) is 1.23. The van der Waals surface area contributed by atoms with Crippen LogP contribution in [0.3, 0.4) is 0 Å². The number of fused-ring (bicyclic) bond motifs is 2. The van der Waals surface area contributed by atoms with Gasteiger partial charge in [-0.2, -0.15) is 0 Å². The van der Waals surface area contributed by atoms with Crippen molar-refractivity contribution in [1.82, 2.24) is 15.1 Å². The Morgan fingerprint density at radius 1 is 1.12 bits per heavy atom. The Bertz CT molecular complexity index is 740. The summed E-state index contributed by atoms with van der Waals surface area (Å²) >= 11 is 0. The Kier molecular flexibility index (Phi) is 3.70. The average Bonchev–Trinajstić information content (AvgIpc) is 3.22. The van der Waals surface area contributed by atoms with Gasteiger partial charge in [0.2, 0.25) is 11.8 Å². The van der Waals surface area contributed by atoms with E-state index in [-0.39, 0.29) is 36.4 Å². The van der Waals surface area contributed by atoms with Crippen LogP contribution in [0.25, 0.3) is 0 Å². The van der Waals surface area contributed by atoms with E-state index < -0.39 is 29.6 Å². The zero-order chi connectivity index (χ0) is 17.7. The first-order valence-corrected chi connectivity index (χ1v) is 8.32. The lowest BCUT2D eigenvalue weighted by Crippen LogP contribution is -2.60. The molecule has 3 amide bonds. The Balaban J connectivity index is 1.49. The minimum atomic E-state index is -0.817. The topological polar surface area (TPSA) is 69.7 Å². The number of amides is 3. The van der Waals surface area contributed by atoms with E-state index in [4.69, 9.17) is 0 Å². The van der Waals surface area contributed by atoms with Crippen molar-refractivity contribution in [3.05, 3.63) is 35.4 Å². The maximum atomic E-state index is 13.7. The molecule has 3 saturated heterocycles. The summed E-state index contributed by atoms with van der Waals surface area (Å²) in [6.07, 6.45) is 1.78. The molecule has 1 aromatic rings. The minimum absolute atomic E-state index is 0.0872. The molecule has 0 radical (unpaired) electrons. The first-order chi connectivity index (χ1) is 12.0. The number of nitrogens with one attached hydrogen (secondary N) is 1. The third-order valence-electron chi connectivity index (χ3n) is 5.20. The van der Waals surface area contributed by atoms with Crippen LogP contribution in [0.1, 0.15) is 29.6 Å². The normalized spacial score (nSPS) is 28.2. The second-order valence-corrected chi connectivity index (χ2v) is 6.73. The summed E-state index contributed by atoms with van der Waals surface area (Å²) < 4.78 is 27.0. The first kappa shape index (κ1) is 16.0. The number of hydrogen-bond acceptors (Lipinski definition) is 3. The van der Waals surface area contributed by atoms with Crippen LogP contribution < -0.4 is 5.32 Å². The lowest BCUT2D eigenvalue weighted by molar-refractivity contribution is -0.156.